The predicted octanol–water partition coefficient (Wildman–Crippen LogP) is 2.63. The van der Waals surface area contributed by atoms with E-state index in [9.17, 15) is 4.39 Å². The molecule has 6 heteroatoms. The first kappa shape index (κ1) is 16.2. The van der Waals surface area contributed by atoms with Crippen LogP contribution in [0.3, 0.4) is 0 Å². The van der Waals surface area contributed by atoms with Gasteiger partial charge in [-0.3, -0.25) is 9.30 Å². The van der Waals surface area contributed by atoms with E-state index in [0.29, 0.717) is 0 Å². The molecule has 0 spiro atoms. The summed E-state index contributed by atoms with van der Waals surface area (Å²) in [4.78, 5) is 11.4. The van der Waals surface area contributed by atoms with E-state index in [2.05, 4.69) is 37.6 Å². The summed E-state index contributed by atoms with van der Waals surface area (Å²) >= 11 is 0. The van der Waals surface area contributed by atoms with Crippen molar-refractivity contribution in [2.75, 3.05) is 19.6 Å². The summed E-state index contributed by atoms with van der Waals surface area (Å²) in [6.07, 6.45) is 1.90. The Kier molecular flexibility index (Phi) is 4.23. The van der Waals surface area contributed by atoms with Crippen LogP contribution in [0.1, 0.15) is 28.7 Å². The number of benzene rings is 1. The van der Waals surface area contributed by atoms with Crippen LogP contribution in [0.25, 0.3) is 5.78 Å². The summed E-state index contributed by atoms with van der Waals surface area (Å²) in [6.45, 7) is 7.48. The minimum absolute atomic E-state index is 0.147. The number of aryl methyl sites for hydroxylation is 2. The number of nitrogens with one attached hydrogen (secondary N) is 1. The standard InChI is InChI=1S/C19H22FN5/c1-13-8-14(2)25-17(10-22-19(25)23-13)12-24-7-6-21-11-18(24)15-4-3-5-16(20)9-15/h3-5,8-10,18,21H,6-7,11-12H2,1-2H3. The average Bonchev–Trinajstić information content (AvgIpc) is 2.98. The molecule has 4 rings (SSSR count). The molecule has 0 saturated carbocycles. The normalized spacial score (nSPS) is 18.8. The van der Waals surface area contributed by atoms with E-state index in [1.165, 1.54) is 6.07 Å². The Labute approximate surface area is 146 Å². The minimum Gasteiger partial charge on any atom is -0.314 e. The first-order chi connectivity index (χ1) is 12.1. The van der Waals surface area contributed by atoms with Crippen molar-refractivity contribution in [2.24, 2.45) is 0 Å². The van der Waals surface area contributed by atoms with Crippen molar-refractivity contribution in [2.45, 2.75) is 26.4 Å². The van der Waals surface area contributed by atoms with Crippen LogP contribution in [0.15, 0.2) is 36.5 Å². The maximum Gasteiger partial charge on any atom is 0.234 e. The van der Waals surface area contributed by atoms with Gasteiger partial charge in [0.2, 0.25) is 5.78 Å². The molecule has 0 aliphatic carbocycles. The molecule has 1 atom stereocenters. The van der Waals surface area contributed by atoms with Gasteiger partial charge in [0.05, 0.1) is 11.9 Å². The van der Waals surface area contributed by atoms with Crippen LogP contribution in [0.5, 0.6) is 0 Å². The highest BCUT2D eigenvalue weighted by Crippen LogP contribution is 2.25. The lowest BCUT2D eigenvalue weighted by Gasteiger charge is -2.36. The number of hydrogen-bond acceptors (Lipinski definition) is 4. The van der Waals surface area contributed by atoms with Crippen molar-refractivity contribution in [1.82, 2.24) is 24.6 Å². The Bertz CT molecular complexity index is 904. The lowest BCUT2D eigenvalue weighted by molar-refractivity contribution is 0.151. The average molecular weight is 339 g/mol. The Hall–Kier alpha value is -2.31. The first-order valence-corrected chi connectivity index (χ1v) is 8.62. The summed E-state index contributed by atoms with van der Waals surface area (Å²) in [6, 6.07) is 9.12. The fourth-order valence-corrected chi connectivity index (χ4v) is 3.69. The van der Waals surface area contributed by atoms with Gasteiger partial charge in [0.25, 0.3) is 0 Å². The Morgan fingerprint density at radius 1 is 1.28 bits per heavy atom. The SMILES string of the molecule is Cc1cc(C)n2c(CN3CCNCC3c3cccc(F)c3)cnc2n1. The minimum atomic E-state index is -0.187. The van der Waals surface area contributed by atoms with Crippen LogP contribution in [-0.4, -0.2) is 38.9 Å². The third kappa shape index (κ3) is 3.15. The van der Waals surface area contributed by atoms with E-state index in [-0.39, 0.29) is 11.9 Å². The van der Waals surface area contributed by atoms with Crippen LogP contribution in [0.4, 0.5) is 4.39 Å². The van der Waals surface area contributed by atoms with Gasteiger partial charge < -0.3 is 5.32 Å². The zero-order valence-electron chi connectivity index (χ0n) is 14.5. The fourth-order valence-electron chi connectivity index (χ4n) is 3.69. The molecule has 25 heavy (non-hydrogen) atoms. The molecule has 1 saturated heterocycles. The van der Waals surface area contributed by atoms with E-state index >= 15 is 0 Å². The maximum absolute atomic E-state index is 13.7. The lowest BCUT2D eigenvalue weighted by atomic mass is 10.0. The van der Waals surface area contributed by atoms with Crippen LogP contribution >= 0.6 is 0 Å². The number of nitrogens with zero attached hydrogens (tertiary/aromatic N) is 4. The van der Waals surface area contributed by atoms with Gasteiger partial charge in [-0.05, 0) is 37.6 Å². The van der Waals surface area contributed by atoms with Crippen LogP contribution in [0, 0.1) is 19.7 Å². The molecule has 3 aromatic rings. The van der Waals surface area contributed by atoms with Crippen molar-refractivity contribution < 1.29 is 4.39 Å². The van der Waals surface area contributed by atoms with Gasteiger partial charge in [-0.25, -0.2) is 14.4 Å². The molecular formula is C19H22FN5. The molecular weight excluding hydrogens is 317 g/mol. The van der Waals surface area contributed by atoms with Crippen LogP contribution in [0.2, 0.25) is 0 Å². The Balaban J connectivity index is 1.66. The molecule has 1 aliphatic heterocycles. The van der Waals surface area contributed by atoms with Crippen molar-refractivity contribution in [3.05, 3.63) is 65.0 Å². The quantitative estimate of drug-likeness (QED) is 0.797. The topological polar surface area (TPSA) is 45.5 Å². The zero-order chi connectivity index (χ0) is 17.4. The number of piperazine rings is 1. The molecule has 1 aromatic carbocycles. The van der Waals surface area contributed by atoms with E-state index in [1.54, 1.807) is 12.1 Å². The Morgan fingerprint density at radius 2 is 2.16 bits per heavy atom. The predicted molar refractivity (Wildman–Crippen MR) is 94.9 cm³/mol. The number of imidazole rings is 1. The summed E-state index contributed by atoms with van der Waals surface area (Å²) < 4.78 is 15.8. The molecule has 0 amide bonds. The van der Waals surface area contributed by atoms with Gasteiger partial charge >= 0.3 is 0 Å². The summed E-state index contributed by atoms with van der Waals surface area (Å²) in [5.41, 5.74) is 4.23. The third-order valence-electron chi connectivity index (χ3n) is 4.82. The largest absolute Gasteiger partial charge is 0.314 e. The lowest BCUT2D eigenvalue weighted by Crippen LogP contribution is -2.45. The molecule has 0 bridgehead atoms. The first-order valence-electron chi connectivity index (χ1n) is 8.62. The van der Waals surface area contributed by atoms with Gasteiger partial charge in [-0.2, -0.15) is 0 Å². The monoisotopic (exact) mass is 339 g/mol. The smallest absolute Gasteiger partial charge is 0.234 e. The molecule has 1 fully saturated rings. The van der Waals surface area contributed by atoms with E-state index in [0.717, 1.165) is 54.6 Å². The summed E-state index contributed by atoms with van der Waals surface area (Å²) in [5.74, 6) is 0.554. The highest BCUT2D eigenvalue weighted by Gasteiger charge is 2.25. The van der Waals surface area contributed by atoms with Gasteiger partial charge in [0.1, 0.15) is 5.82 Å². The van der Waals surface area contributed by atoms with E-state index in [4.69, 9.17) is 0 Å². The van der Waals surface area contributed by atoms with Gasteiger partial charge in [0.15, 0.2) is 0 Å². The highest BCUT2D eigenvalue weighted by molar-refractivity contribution is 5.35. The van der Waals surface area contributed by atoms with Gasteiger partial charge in [-0.15, -0.1) is 0 Å². The summed E-state index contributed by atoms with van der Waals surface area (Å²) in [7, 11) is 0. The molecule has 5 nitrogen and oxygen atoms in total. The fraction of sp³-hybridized carbons (Fsp3) is 0.368. The number of halogens is 1. The van der Waals surface area contributed by atoms with Gasteiger partial charge in [0, 0.05) is 43.6 Å². The zero-order valence-corrected chi connectivity index (χ0v) is 14.5. The molecule has 1 unspecified atom stereocenters. The van der Waals surface area contributed by atoms with Crippen molar-refractivity contribution in [3.63, 3.8) is 0 Å². The second-order valence-corrected chi connectivity index (χ2v) is 6.67. The molecule has 1 N–H and O–H groups in total. The number of aromatic nitrogens is 3. The van der Waals surface area contributed by atoms with E-state index in [1.807, 2.05) is 19.2 Å². The second kappa shape index (κ2) is 6.54. The third-order valence-corrected chi connectivity index (χ3v) is 4.82. The van der Waals surface area contributed by atoms with Crippen molar-refractivity contribution >= 4 is 5.78 Å². The molecule has 130 valence electrons. The summed E-state index contributed by atoms with van der Waals surface area (Å²) in [5, 5.41) is 3.42. The van der Waals surface area contributed by atoms with Crippen LogP contribution in [-0.2, 0) is 6.54 Å². The van der Waals surface area contributed by atoms with E-state index < -0.39 is 0 Å². The molecule has 0 radical (unpaired) electrons. The van der Waals surface area contributed by atoms with Crippen molar-refractivity contribution in [1.29, 1.82) is 0 Å². The van der Waals surface area contributed by atoms with Crippen molar-refractivity contribution in [3.8, 4) is 0 Å². The maximum atomic E-state index is 13.7. The Morgan fingerprint density at radius 3 is 3.00 bits per heavy atom. The highest BCUT2D eigenvalue weighted by atomic mass is 19.1. The molecule has 2 aromatic heterocycles. The number of rotatable bonds is 3. The van der Waals surface area contributed by atoms with Crippen LogP contribution < -0.4 is 5.32 Å². The molecule has 1 aliphatic rings. The second-order valence-electron chi connectivity index (χ2n) is 6.67. The number of fused-ring (bicyclic) bond motifs is 1. The molecule has 3 heterocycles. The van der Waals surface area contributed by atoms with Gasteiger partial charge in [-0.1, -0.05) is 12.1 Å². The number of hydrogen-bond donors (Lipinski definition) is 1.